The second-order valence-electron chi connectivity index (χ2n) is 6.08. The summed E-state index contributed by atoms with van der Waals surface area (Å²) >= 11 is 6.09. The molecular formula is C19H15ClF3N3O3S. The van der Waals surface area contributed by atoms with Crippen LogP contribution in [-0.4, -0.2) is 25.5 Å². The second-order valence-corrected chi connectivity index (χ2v) is 8.09. The highest BCUT2D eigenvalue weighted by atomic mass is 35.5. The third kappa shape index (κ3) is 4.65. The molecule has 3 aromatic rings. The fourth-order valence-electron chi connectivity index (χ4n) is 2.80. The Morgan fingerprint density at radius 2 is 1.73 bits per heavy atom. The van der Waals surface area contributed by atoms with Crippen molar-refractivity contribution in [1.29, 1.82) is 0 Å². The Morgan fingerprint density at radius 3 is 2.43 bits per heavy atom. The van der Waals surface area contributed by atoms with E-state index in [-0.39, 0.29) is 39.2 Å². The predicted molar refractivity (Wildman–Crippen MR) is 105 cm³/mol. The largest absolute Gasteiger partial charge is 0.495 e. The van der Waals surface area contributed by atoms with Gasteiger partial charge in [-0.25, -0.2) is 18.4 Å². The molecule has 0 fully saturated rings. The van der Waals surface area contributed by atoms with Crippen LogP contribution in [0.4, 0.5) is 19.0 Å². The van der Waals surface area contributed by atoms with E-state index in [4.69, 9.17) is 16.3 Å². The lowest BCUT2D eigenvalue weighted by atomic mass is 10.0. The van der Waals surface area contributed by atoms with Crippen LogP contribution in [0, 0.1) is 0 Å². The molecule has 0 radical (unpaired) electrons. The van der Waals surface area contributed by atoms with E-state index in [9.17, 15) is 21.6 Å². The highest BCUT2D eigenvalue weighted by Crippen LogP contribution is 2.35. The predicted octanol–water partition coefficient (Wildman–Crippen LogP) is 4.55. The van der Waals surface area contributed by atoms with Gasteiger partial charge >= 0.3 is 6.18 Å². The Hall–Kier alpha value is -2.85. The summed E-state index contributed by atoms with van der Waals surface area (Å²) in [5.41, 5.74) is -0.947. The van der Waals surface area contributed by atoms with Crippen LogP contribution in [-0.2, 0) is 22.6 Å². The van der Waals surface area contributed by atoms with Gasteiger partial charge in [-0.15, -0.1) is 0 Å². The first-order chi connectivity index (χ1) is 14.1. The van der Waals surface area contributed by atoms with E-state index in [1.54, 1.807) is 6.07 Å². The summed E-state index contributed by atoms with van der Waals surface area (Å²) < 4.78 is 73.1. The molecule has 0 saturated carbocycles. The molecule has 0 bridgehead atoms. The Bertz CT molecular complexity index is 1170. The number of nitrogens with zero attached hydrogens (tertiary/aromatic N) is 2. The fraction of sp³-hybridized carbons (Fsp3) is 0.158. The zero-order valence-electron chi connectivity index (χ0n) is 15.4. The third-order valence-corrected chi connectivity index (χ3v) is 5.88. The molecule has 1 N–H and O–H groups in total. The Morgan fingerprint density at radius 1 is 1.07 bits per heavy atom. The molecule has 2 aromatic carbocycles. The molecule has 11 heteroatoms. The lowest BCUT2D eigenvalue weighted by molar-refractivity contribution is -0.138. The minimum atomic E-state index is -4.59. The maximum absolute atomic E-state index is 13.3. The van der Waals surface area contributed by atoms with Crippen molar-refractivity contribution in [3.63, 3.8) is 0 Å². The van der Waals surface area contributed by atoms with Crippen molar-refractivity contribution in [2.45, 2.75) is 17.5 Å². The van der Waals surface area contributed by atoms with Crippen molar-refractivity contribution in [2.24, 2.45) is 0 Å². The SMILES string of the molecule is COc1ccccc1S(=O)(=O)Nc1ncnc(Cl)c1Cc1ccccc1C(F)(F)F. The van der Waals surface area contributed by atoms with Crippen LogP contribution in [0.3, 0.4) is 0 Å². The number of rotatable bonds is 6. The number of hydrogen-bond acceptors (Lipinski definition) is 5. The zero-order valence-corrected chi connectivity index (χ0v) is 17.0. The molecule has 30 heavy (non-hydrogen) atoms. The zero-order chi connectivity index (χ0) is 21.9. The van der Waals surface area contributed by atoms with Crippen LogP contribution in [0.2, 0.25) is 5.15 Å². The Labute approximate surface area is 175 Å². The normalized spacial score (nSPS) is 11.9. The number of aromatic nitrogens is 2. The number of para-hydroxylation sites is 1. The maximum atomic E-state index is 13.3. The molecule has 0 amide bonds. The lowest BCUT2D eigenvalue weighted by Crippen LogP contribution is -2.17. The van der Waals surface area contributed by atoms with E-state index >= 15 is 0 Å². The first-order valence-corrected chi connectivity index (χ1v) is 10.3. The van der Waals surface area contributed by atoms with E-state index < -0.39 is 21.8 Å². The van der Waals surface area contributed by atoms with Gasteiger partial charge in [0.2, 0.25) is 0 Å². The number of benzene rings is 2. The topological polar surface area (TPSA) is 81.2 Å². The molecule has 0 aliphatic rings. The minimum absolute atomic E-state index is 0.00865. The molecule has 3 rings (SSSR count). The molecule has 1 heterocycles. The van der Waals surface area contributed by atoms with Crippen LogP contribution >= 0.6 is 11.6 Å². The van der Waals surface area contributed by atoms with Crippen molar-refractivity contribution in [2.75, 3.05) is 11.8 Å². The molecule has 0 saturated heterocycles. The maximum Gasteiger partial charge on any atom is 0.416 e. The van der Waals surface area contributed by atoms with Crippen LogP contribution in [0.25, 0.3) is 0 Å². The standard InChI is InChI=1S/C19H15ClF3N3O3S/c1-29-15-8-4-5-9-16(15)30(27,28)26-18-13(17(20)24-11-25-18)10-12-6-2-3-7-14(12)19(21,22)23/h2-9,11H,10H2,1H3,(H,24,25,26). The van der Waals surface area contributed by atoms with Crippen molar-refractivity contribution in [3.8, 4) is 5.75 Å². The number of ether oxygens (including phenoxy) is 1. The summed E-state index contributed by atoms with van der Waals surface area (Å²) in [6, 6.07) is 10.8. The average Bonchev–Trinajstić information content (AvgIpc) is 2.70. The summed E-state index contributed by atoms with van der Waals surface area (Å²) in [7, 11) is -2.86. The molecule has 0 aliphatic carbocycles. The minimum Gasteiger partial charge on any atom is -0.495 e. The highest BCUT2D eigenvalue weighted by molar-refractivity contribution is 7.92. The van der Waals surface area contributed by atoms with Gasteiger partial charge in [0.15, 0.2) is 0 Å². The number of anilines is 1. The van der Waals surface area contributed by atoms with Crippen molar-refractivity contribution >= 4 is 27.4 Å². The van der Waals surface area contributed by atoms with E-state index in [1.165, 1.54) is 43.5 Å². The summed E-state index contributed by atoms with van der Waals surface area (Å²) in [4.78, 5) is 7.50. The van der Waals surface area contributed by atoms with Crippen molar-refractivity contribution in [1.82, 2.24) is 9.97 Å². The van der Waals surface area contributed by atoms with E-state index in [0.717, 1.165) is 12.4 Å². The third-order valence-electron chi connectivity index (χ3n) is 4.17. The molecule has 0 aliphatic heterocycles. The van der Waals surface area contributed by atoms with Gasteiger partial charge < -0.3 is 4.74 Å². The molecule has 158 valence electrons. The first-order valence-electron chi connectivity index (χ1n) is 8.44. The number of alkyl halides is 3. The fourth-order valence-corrected chi connectivity index (χ4v) is 4.21. The van der Waals surface area contributed by atoms with Gasteiger partial charge in [-0.05, 0) is 23.8 Å². The molecule has 1 aromatic heterocycles. The number of sulfonamides is 1. The van der Waals surface area contributed by atoms with Gasteiger partial charge in [-0.1, -0.05) is 41.9 Å². The van der Waals surface area contributed by atoms with E-state index in [0.29, 0.717) is 0 Å². The van der Waals surface area contributed by atoms with Crippen LogP contribution in [0.5, 0.6) is 5.75 Å². The van der Waals surface area contributed by atoms with Gasteiger partial charge in [0.05, 0.1) is 12.7 Å². The number of nitrogens with one attached hydrogen (secondary N) is 1. The molecule has 0 atom stereocenters. The number of halogens is 4. The van der Waals surface area contributed by atoms with E-state index in [1.807, 2.05) is 0 Å². The monoisotopic (exact) mass is 457 g/mol. The van der Waals surface area contributed by atoms with Crippen LogP contribution in [0.15, 0.2) is 59.8 Å². The van der Waals surface area contributed by atoms with Gasteiger partial charge in [-0.2, -0.15) is 13.2 Å². The molecule has 0 spiro atoms. The first kappa shape index (κ1) is 21.8. The Balaban J connectivity index is 2.03. The van der Waals surface area contributed by atoms with Crippen molar-refractivity contribution < 1.29 is 26.3 Å². The summed E-state index contributed by atoms with van der Waals surface area (Å²) in [6.07, 6.45) is -3.91. The van der Waals surface area contributed by atoms with Crippen molar-refractivity contribution in [3.05, 3.63) is 76.7 Å². The van der Waals surface area contributed by atoms with Gasteiger partial charge in [0.25, 0.3) is 10.0 Å². The summed E-state index contributed by atoms with van der Waals surface area (Å²) in [5.74, 6) is -0.132. The Kier molecular flexibility index (Phi) is 6.18. The second kappa shape index (κ2) is 8.49. The summed E-state index contributed by atoms with van der Waals surface area (Å²) in [5, 5.41) is -0.167. The summed E-state index contributed by atoms with van der Waals surface area (Å²) in [6.45, 7) is 0. The molecule has 6 nitrogen and oxygen atoms in total. The van der Waals surface area contributed by atoms with Crippen LogP contribution in [0.1, 0.15) is 16.7 Å². The van der Waals surface area contributed by atoms with Crippen LogP contribution < -0.4 is 9.46 Å². The molecular weight excluding hydrogens is 443 g/mol. The average molecular weight is 458 g/mol. The number of methoxy groups -OCH3 is 1. The smallest absolute Gasteiger partial charge is 0.416 e. The van der Waals surface area contributed by atoms with Gasteiger partial charge in [-0.3, -0.25) is 4.72 Å². The molecule has 0 unspecified atom stereocenters. The quantitative estimate of drug-likeness (QED) is 0.549. The number of hydrogen-bond donors (Lipinski definition) is 1. The van der Waals surface area contributed by atoms with Gasteiger partial charge in [0.1, 0.15) is 27.9 Å². The highest BCUT2D eigenvalue weighted by Gasteiger charge is 2.33. The van der Waals surface area contributed by atoms with E-state index in [2.05, 4.69) is 14.7 Å². The lowest BCUT2D eigenvalue weighted by Gasteiger charge is -2.16. The van der Waals surface area contributed by atoms with Gasteiger partial charge in [0, 0.05) is 12.0 Å².